The number of fused-ring (bicyclic) bond motifs is 1. The minimum absolute atomic E-state index is 0.0435. The second-order valence-electron chi connectivity index (χ2n) is 10.2. The molecule has 1 aromatic heterocycles. The SMILES string of the molecule is CN=C1C=C(C2(C)CC(c3ccc4c(=O)n(-c5ccc(F)cc5)c(CCCCC(=O)O)nc4c3)NO2)C=CC1. The van der Waals surface area contributed by atoms with Gasteiger partial charge in [-0.05, 0) is 73.4 Å². The summed E-state index contributed by atoms with van der Waals surface area (Å²) in [4.78, 5) is 39.9. The van der Waals surface area contributed by atoms with E-state index in [1.165, 1.54) is 16.7 Å². The number of halogens is 1. The fraction of sp³-hybridized carbons (Fsp3) is 0.333. The molecule has 1 saturated heterocycles. The molecule has 9 heteroatoms. The van der Waals surface area contributed by atoms with Crippen molar-refractivity contribution in [2.24, 2.45) is 4.99 Å². The number of nitrogens with zero attached hydrogens (tertiary/aromatic N) is 3. The standard InChI is InChI=1S/C30H31FN4O4/c1-30(20-6-5-7-22(17-20)32-2)18-26(34-39-30)19-10-15-24-25(16-19)33-27(8-3-4-9-28(36)37)35(29(24)38)23-13-11-21(31)12-14-23/h5-6,10-17,26,34H,3-4,7-9,18H2,1-2H3,(H,36,37). The third kappa shape index (κ3) is 5.60. The zero-order valence-corrected chi connectivity index (χ0v) is 22.0. The lowest BCUT2D eigenvalue weighted by Gasteiger charge is -2.25. The summed E-state index contributed by atoms with van der Waals surface area (Å²) >= 11 is 0. The van der Waals surface area contributed by atoms with Gasteiger partial charge < -0.3 is 5.11 Å². The molecular formula is C30H31FN4O4. The highest BCUT2D eigenvalue weighted by molar-refractivity contribution is 5.98. The second kappa shape index (κ2) is 11.0. The van der Waals surface area contributed by atoms with Gasteiger partial charge in [0.25, 0.3) is 5.56 Å². The molecule has 1 aliphatic heterocycles. The van der Waals surface area contributed by atoms with Gasteiger partial charge in [0, 0.05) is 38.4 Å². The molecule has 0 radical (unpaired) electrons. The summed E-state index contributed by atoms with van der Waals surface area (Å²) in [5, 5.41) is 9.44. The predicted molar refractivity (Wildman–Crippen MR) is 148 cm³/mol. The number of nitrogens with one attached hydrogen (secondary N) is 1. The number of unbranched alkanes of at least 4 members (excludes halogenated alkanes) is 1. The van der Waals surface area contributed by atoms with Crippen molar-refractivity contribution in [3.63, 3.8) is 0 Å². The third-order valence-corrected chi connectivity index (χ3v) is 7.36. The van der Waals surface area contributed by atoms with Crippen molar-refractivity contribution in [3.05, 3.63) is 93.8 Å². The number of hydrogen-bond donors (Lipinski definition) is 2. The summed E-state index contributed by atoms with van der Waals surface area (Å²) in [5.74, 6) is -0.756. The highest BCUT2D eigenvalue weighted by atomic mass is 19.1. The van der Waals surface area contributed by atoms with E-state index in [0.717, 1.165) is 23.3 Å². The maximum absolute atomic E-state index is 13.6. The molecule has 2 unspecified atom stereocenters. The van der Waals surface area contributed by atoms with Crippen molar-refractivity contribution in [2.75, 3.05) is 7.05 Å². The lowest BCUT2D eigenvalue weighted by molar-refractivity contribution is -0.137. The number of allylic oxidation sites excluding steroid dienone is 2. The van der Waals surface area contributed by atoms with Gasteiger partial charge >= 0.3 is 5.97 Å². The van der Waals surface area contributed by atoms with E-state index >= 15 is 0 Å². The van der Waals surface area contributed by atoms with E-state index < -0.39 is 17.4 Å². The number of carboxylic acid groups (broad SMARTS) is 1. The molecule has 0 spiro atoms. The quantitative estimate of drug-likeness (QED) is 0.397. The Morgan fingerprint density at radius 1 is 1.26 bits per heavy atom. The number of hydroxylamine groups is 1. The van der Waals surface area contributed by atoms with Crippen LogP contribution >= 0.6 is 0 Å². The average molecular weight is 531 g/mol. The fourth-order valence-electron chi connectivity index (χ4n) is 5.16. The second-order valence-corrected chi connectivity index (χ2v) is 10.2. The minimum Gasteiger partial charge on any atom is -0.481 e. The van der Waals surface area contributed by atoms with Gasteiger partial charge in [-0.2, -0.15) is 5.48 Å². The fourth-order valence-corrected chi connectivity index (χ4v) is 5.16. The Bertz CT molecular complexity index is 1560. The number of aliphatic imine (C=N–C) groups is 1. The zero-order valence-electron chi connectivity index (χ0n) is 22.0. The van der Waals surface area contributed by atoms with Gasteiger partial charge in [0.05, 0.1) is 22.6 Å². The topological polar surface area (TPSA) is 106 Å². The maximum atomic E-state index is 13.6. The average Bonchev–Trinajstić information content (AvgIpc) is 3.35. The van der Waals surface area contributed by atoms with Crippen LogP contribution in [0.15, 0.2) is 76.1 Å². The lowest BCUT2D eigenvalue weighted by Crippen LogP contribution is -2.28. The number of carbonyl (C=O) groups is 1. The van der Waals surface area contributed by atoms with Crippen LogP contribution in [-0.4, -0.2) is 39.0 Å². The number of hydrogen-bond acceptors (Lipinski definition) is 6. The molecule has 1 fully saturated rings. The molecule has 2 heterocycles. The van der Waals surface area contributed by atoms with Crippen molar-refractivity contribution in [1.82, 2.24) is 15.0 Å². The van der Waals surface area contributed by atoms with Crippen LogP contribution < -0.4 is 11.0 Å². The monoisotopic (exact) mass is 530 g/mol. The van der Waals surface area contributed by atoms with Crippen LogP contribution in [0.5, 0.6) is 0 Å². The van der Waals surface area contributed by atoms with Crippen molar-refractivity contribution < 1.29 is 19.1 Å². The van der Waals surface area contributed by atoms with Gasteiger partial charge in [-0.1, -0.05) is 18.2 Å². The van der Waals surface area contributed by atoms with Crippen LogP contribution in [0.2, 0.25) is 0 Å². The van der Waals surface area contributed by atoms with E-state index in [2.05, 4.69) is 28.7 Å². The summed E-state index contributed by atoms with van der Waals surface area (Å²) in [6.45, 7) is 2.05. The molecule has 2 N–H and O–H groups in total. The van der Waals surface area contributed by atoms with Crippen molar-refractivity contribution in [2.45, 2.75) is 57.1 Å². The molecule has 8 nitrogen and oxygen atoms in total. The molecule has 2 atom stereocenters. The van der Waals surface area contributed by atoms with Crippen molar-refractivity contribution >= 4 is 22.6 Å². The van der Waals surface area contributed by atoms with E-state index in [0.29, 0.717) is 48.1 Å². The first-order valence-corrected chi connectivity index (χ1v) is 13.1. The largest absolute Gasteiger partial charge is 0.481 e. The van der Waals surface area contributed by atoms with Gasteiger partial charge in [-0.15, -0.1) is 0 Å². The van der Waals surface area contributed by atoms with Gasteiger partial charge in [0.2, 0.25) is 0 Å². The van der Waals surface area contributed by atoms with Crippen LogP contribution in [0.1, 0.15) is 56.5 Å². The number of carboxylic acids is 1. The molecule has 2 aliphatic rings. The third-order valence-electron chi connectivity index (χ3n) is 7.36. The van der Waals surface area contributed by atoms with E-state index in [1.54, 1.807) is 25.2 Å². The van der Waals surface area contributed by atoms with E-state index in [9.17, 15) is 14.0 Å². The zero-order chi connectivity index (χ0) is 27.6. The molecule has 0 amide bonds. The van der Waals surface area contributed by atoms with Gasteiger partial charge in [-0.25, -0.2) is 9.37 Å². The predicted octanol–water partition coefficient (Wildman–Crippen LogP) is 5.00. The smallest absolute Gasteiger partial charge is 0.303 e. The Hall–Kier alpha value is -3.95. The number of aryl methyl sites for hydroxylation is 1. The highest BCUT2D eigenvalue weighted by Crippen LogP contribution is 2.39. The van der Waals surface area contributed by atoms with E-state index in [-0.39, 0.29) is 18.0 Å². The lowest BCUT2D eigenvalue weighted by atomic mass is 9.85. The van der Waals surface area contributed by atoms with Crippen LogP contribution in [0.4, 0.5) is 4.39 Å². The Balaban J connectivity index is 1.48. The summed E-state index contributed by atoms with van der Waals surface area (Å²) < 4.78 is 15.1. The number of aromatic nitrogens is 2. The van der Waals surface area contributed by atoms with Gasteiger partial charge in [0.1, 0.15) is 17.2 Å². The molecule has 3 aromatic rings. The Kier molecular flexibility index (Phi) is 7.54. The number of benzene rings is 2. The molecular weight excluding hydrogens is 499 g/mol. The molecule has 5 rings (SSSR count). The van der Waals surface area contributed by atoms with Crippen molar-refractivity contribution in [3.8, 4) is 5.69 Å². The summed E-state index contributed by atoms with van der Waals surface area (Å²) in [7, 11) is 1.79. The van der Waals surface area contributed by atoms with Crippen LogP contribution in [-0.2, 0) is 16.1 Å². The Morgan fingerprint density at radius 3 is 2.79 bits per heavy atom. The van der Waals surface area contributed by atoms with E-state index in [1.807, 2.05) is 19.1 Å². The molecule has 1 aliphatic carbocycles. The van der Waals surface area contributed by atoms with Gasteiger partial charge in [-0.3, -0.25) is 24.0 Å². The van der Waals surface area contributed by atoms with Crippen molar-refractivity contribution in [1.29, 1.82) is 0 Å². The molecule has 2 aromatic carbocycles. The summed E-state index contributed by atoms with van der Waals surface area (Å²) in [6, 6.07) is 11.2. The summed E-state index contributed by atoms with van der Waals surface area (Å²) in [5.41, 5.74) is 6.43. The van der Waals surface area contributed by atoms with E-state index in [4.69, 9.17) is 14.9 Å². The summed E-state index contributed by atoms with van der Waals surface area (Å²) in [6.07, 6.45) is 9.18. The Labute approximate surface area is 225 Å². The highest BCUT2D eigenvalue weighted by Gasteiger charge is 2.40. The van der Waals surface area contributed by atoms with Crippen LogP contribution in [0.3, 0.4) is 0 Å². The van der Waals surface area contributed by atoms with Crippen LogP contribution in [0.25, 0.3) is 16.6 Å². The van der Waals surface area contributed by atoms with Crippen LogP contribution in [0, 0.1) is 5.82 Å². The first kappa shape index (κ1) is 26.6. The number of rotatable bonds is 8. The maximum Gasteiger partial charge on any atom is 0.303 e. The molecule has 39 heavy (non-hydrogen) atoms. The first-order valence-electron chi connectivity index (χ1n) is 13.1. The normalized spacial score (nSPS) is 22.0. The molecule has 0 bridgehead atoms. The Morgan fingerprint density at radius 2 is 2.05 bits per heavy atom. The molecule has 0 saturated carbocycles. The molecule has 202 valence electrons. The van der Waals surface area contributed by atoms with Gasteiger partial charge in [0.15, 0.2) is 0 Å². The first-order chi connectivity index (χ1) is 18.8. The number of aliphatic carboxylic acids is 1. The minimum atomic E-state index is -0.863.